The summed E-state index contributed by atoms with van der Waals surface area (Å²) in [5.41, 5.74) is 1.41. The van der Waals surface area contributed by atoms with Gasteiger partial charge in [0.1, 0.15) is 11.6 Å². The third kappa shape index (κ3) is 4.96. The molecule has 2 N–H and O–H groups in total. The molecule has 0 fully saturated rings. The number of carbonyl (C=O) groups excluding carboxylic acids is 1. The maximum absolute atomic E-state index is 12.8. The molecule has 0 bridgehead atoms. The van der Waals surface area contributed by atoms with Crippen LogP contribution in [0.1, 0.15) is 11.7 Å². The number of halogens is 1. The first-order valence-corrected chi connectivity index (χ1v) is 7.09. The molecule has 0 aliphatic carbocycles. The number of hydrogen-bond donors (Lipinski definition) is 2. The lowest BCUT2D eigenvalue weighted by Crippen LogP contribution is -2.32. The third-order valence-corrected chi connectivity index (χ3v) is 3.30. The van der Waals surface area contributed by atoms with E-state index in [0.717, 1.165) is 11.3 Å². The van der Waals surface area contributed by atoms with E-state index in [1.165, 1.54) is 24.3 Å². The minimum absolute atomic E-state index is 0.288. The number of urea groups is 1. The fraction of sp³-hybridized carbons (Fsp3) is 0.235. The molecule has 1 atom stereocenters. The number of rotatable bonds is 6. The van der Waals surface area contributed by atoms with Gasteiger partial charge in [0.05, 0.1) is 13.2 Å². The molecule has 0 aromatic heterocycles. The van der Waals surface area contributed by atoms with E-state index in [1.807, 2.05) is 24.3 Å². The number of benzene rings is 2. The van der Waals surface area contributed by atoms with Crippen LogP contribution in [-0.4, -0.2) is 26.8 Å². The summed E-state index contributed by atoms with van der Waals surface area (Å²) in [7, 11) is 3.17. The predicted molar refractivity (Wildman–Crippen MR) is 86.2 cm³/mol. The Labute approximate surface area is 134 Å². The topological polar surface area (TPSA) is 59.6 Å². The zero-order valence-corrected chi connectivity index (χ0v) is 13.0. The van der Waals surface area contributed by atoms with Crippen molar-refractivity contribution in [1.29, 1.82) is 0 Å². The van der Waals surface area contributed by atoms with Crippen molar-refractivity contribution in [2.45, 2.75) is 6.10 Å². The van der Waals surface area contributed by atoms with Crippen molar-refractivity contribution < 1.29 is 18.7 Å². The van der Waals surface area contributed by atoms with Crippen LogP contribution in [0.2, 0.25) is 0 Å². The Hall–Kier alpha value is -2.60. The Morgan fingerprint density at radius 1 is 1.17 bits per heavy atom. The summed E-state index contributed by atoms with van der Waals surface area (Å²) in [5, 5.41) is 5.35. The molecule has 23 heavy (non-hydrogen) atoms. The number of amides is 2. The highest BCUT2D eigenvalue weighted by molar-refractivity contribution is 5.89. The maximum atomic E-state index is 12.8. The minimum atomic E-state index is -0.387. The molecule has 122 valence electrons. The summed E-state index contributed by atoms with van der Waals surface area (Å²) in [6, 6.07) is 12.6. The number of nitrogens with one attached hydrogen (secondary N) is 2. The average Bonchev–Trinajstić information content (AvgIpc) is 2.58. The first kappa shape index (κ1) is 16.8. The number of carbonyl (C=O) groups is 1. The molecule has 2 amide bonds. The monoisotopic (exact) mass is 318 g/mol. The van der Waals surface area contributed by atoms with Gasteiger partial charge in [0, 0.05) is 19.3 Å². The van der Waals surface area contributed by atoms with Gasteiger partial charge in [-0.2, -0.15) is 0 Å². The number of hydrogen-bond acceptors (Lipinski definition) is 3. The van der Waals surface area contributed by atoms with E-state index in [9.17, 15) is 9.18 Å². The van der Waals surface area contributed by atoms with E-state index in [-0.39, 0.29) is 24.5 Å². The molecule has 2 rings (SSSR count). The molecular formula is C17H19FN2O3. The quantitative estimate of drug-likeness (QED) is 0.859. The van der Waals surface area contributed by atoms with Gasteiger partial charge in [-0.15, -0.1) is 0 Å². The van der Waals surface area contributed by atoms with E-state index in [0.29, 0.717) is 5.69 Å². The minimum Gasteiger partial charge on any atom is -0.497 e. The van der Waals surface area contributed by atoms with Crippen molar-refractivity contribution >= 4 is 11.7 Å². The van der Waals surface area contributed by atoms with Gasteiger partial charge in [-0.05, 0) is 42.0 Å². The van der Waals surface area contributed by atoms with Gasteiger partial charge in [-0.1, -0.05) is 12.1 Å². The number of anilines is 1. The zero-order chi connectivity index (χ0) is 16.7. The van der Waals surface area contributed by atoms with Crippen molar-refractivity contribution in [2.24, 2.45) is 0 Å². The second-order valence-corrected chi connectivity index (χ2v) is 4.84. The summed E-state index contributed by atoms with van der Waals surface area (Å²) in [6.45, 7) is 0.288. The van der Waals surface area contributed by atoms with Crippen LogP contribution in [0.15, 0.2) is 48.5 Å². The highest BCUT2D eigenvalue weighted by Crippen LogP contribution is 2.21. The van der Waals surface area contributed by atoms with Crippen LogP contribution < -0.4 is 15.4 Å². The number of methoxy groups -OCH3 is 2. The molecule has 0 saturated carbocycles. The van der Waals surface area contributed by atoms with E-state index in [2.05, 4.69) is 10.6 Å². The van der Waals surface area contributed by atoms with Crippen LogP contribution >= 0.6 is 0 Å². The summed E-state index contributed by atoms with van der Waals surface area (Å²) in [4.78, 5) is 11.9. The zero-order valence-electron chi connectivity index (χ0n) is 13.0. The van der Waals surface area contributed by atoms with Crippen molar-refractivity contribution in [1.82, 2.24) is 5.32 Å². The maximum Gasteiger partial charge on any atom is 0.319 e. The lowest BCUT2D eigenvalue weighted by Gasteiger charge is -2.17. The fourth-order valence-electron chi connectivity index (χ4n) is 2.07. The van der Waals surface area contributed by atoms with Crippen molar-refractivity contribution in [2.75, 3.05) is 26.1 Å². The standard InChI is InChI=1S/C17H19FN2O3/c1-22-15-5-3-4-12(10-15)16(23-2)11-19-17(21)20-14-8-6-13(18)7-9-14/h3-10,16H,11H2,1-2H3,(H2,19,20,21)/t16-/m1/s1. The Bertz CT molecular complexity index is 647. The molecule has 0 aliphatic rings. The molecular weight excluding hydrogens is 299 g/mol. The Morgan fingerprint density at radius 3 is 2.57 bits per heavy atom. The smallest absolute Gasteiger partial charge is 0.319 e. The Kier molecular flexibility index (Phi) is 5.94. The highest BCUT2D eigenvalue weighted by atomic mass is 19.1. The summed E-state index contributed by atoms with van der Waals surface area (Å²) in [6.07, 6.45) is -0.302. The third-order valence-electron chi connectivity index (χ3n) is 3.30. The van der Waals surface area contributed by atoms with Gasteiger partial charge in [0.25, 0.3) is 0 Å². The molecule has 0 spiro atoms. The summed E-state index contributed by atoms with van der Waals surface area (Å²) < 4.78 is 23.4. The van der Waals surface area contributed by atoms with Crippen molar-refractivity contribution in [3.63, 3.8) is 0 Å². The molecule has 5 nitrogen and oxygen atoms in total. The first-order chi connectivity index (χ1) is 11.1. The van der Waals surface area contributed by atoms with Crippen LogP contribution in [0.4, 0.5) is 14.9 Å². The Morgan fingerprint density at radius 2 is 1.91 bits per heavy atom. The van der Waals surface area contributed by atoms with Crippen molar-refractivity contribution in [3.05, 3.63) is 59.9 Å². The SMILES string of the molecule is COc1cccc([C@@H](CNC(=O)Nc2ccc(F)cc2)OC)c1. The van der Waals surface area contributed by atoms with Gasteiger partial charge in [-0.25, -0.2) is 9.18 Å². The van der Waals surface area contributed by atoms with E-state index >= 15 is 0 Å². The van der Waals surface area contributed by atoms with Gasteiger partial charge in [-0.3, -0.25) is 0 Å². The molecule has 6 heteroatoms. The summed E-state index contributed by atoms with van der Waals surface area (Å²) >= 11 is 0. The summed E-state index contributed by atoms with van der Waals surface area (Å²) in [5.74, 6) is 0.369. The second kappa shape index (κ2) is 8.14. The van der Waals surface area contributed by atoms with Crippen LogP contribution in [-0.2, 0) is 4.74 Å². The van der Waals surface area contributed by atoms with E-state index in [1.54, 1.807) is 14.2 Å². The average molecular weight is 318 g/mol. The molecule has 0 aliphatic heterocycles. The predicted octanol–water partition coefficient (Wildman–Crippen LogP) is 3.34. The fourth-order valence-corrected chi connectivity index (χ4v) is 2.07. The largest absolute Gasteiger partial charge is 0.497 e. The van der Waals surface area contributed by atoms with Crippen LogP contribution in [0, 0.1) is 5.82 Å². The van der Waals surface area contributed by atoms with Crippen LogP contribution in [0.5, 0.6) is 5.75 Å². The first-order valence-electron chi connectivity index (χ1n) is 7.09. The highest BCUT2D eigenvalue weighted by Gasteiger charge is 2.13. The van der Waals surface area contributed by atoms with E-state index in [4.69, 9.17) is 9.47 Å². The normalized spacial score (nSPS) is 11.6. The van der Waals surface area contributed by atoms with Crippen molar-refractivity contribution in [3.8, 4) is 5.75 Å². The molecule has 0 unspecified atom stereocenters. The van der Waals surface area contributed by atoms with Gasteiger partial charge < -0.3 is 20.1 Å². The van der Waals surface area contributed by atoms with E-state index < -0.39 is 0 Å². The second-order valence-electron chi connectivity index (χ2n) is 4.84. The molecule has 2 aromatic rings. The molecule has 0 radical (unpaired) electrons. The van der Waals surface area contributed by atoms with Gasteiger partial charge in [0.15, 0.2) is 0 Å². The van der Waals surface area contributed by atoms with Crippen LogP contribution in [0.3, 0.4) is 0 Å². The number of ether oxygens (including phenoxy) is 2. The molecule has 0 heterocycles. The lowest BCUT2D eigenvalue weighted by atomic mass is 10.1. The Balaban J connectivity index is 1.91. The van der Waals surface area contributed by atoms with Crippen LogP contribution in [0.25, 0.3) is 0 Å². The lowest BCUT2D eigenvalue weighted by molar-refractivity contribution is 0.104. The molecule has 0 saturated heterocycles. The van der Waals surface area contributed by atoms with Gasteiger partial charge >= 0.3 is 6.03 Å². The van der Waals surface area contributed by atoms with Gasteiger partial charge in [0.2, 0.25) is 0 Å². The molecule has 2 aromatic carbocycles.